The summed E-state index contributed by atoms with van der Waals surface area (Å²) in [7, 11) is 2.01. The summed E-state index contributed by atoms with van der Waals surface area (Å²) in [5, 5.41) is 6.82. The Hall–Kier alpha value is -0.0800. The number of hydrogen-bond acceptors (Lipinski definition) is 2. The van der Waals surface area contributed by atoms with Gasteiger partial charge in [-0.05, 0) is 58.7 Å². The summed E-state index contributed by atoms with van der Waals surface area (Å²) in [4.78, 5) is 0. The monoisotopic (exact) mass is 214 g/mol. The third-order valence-corrected chi connectivity index (χ3v) is 2.43. The van der Waals surface area contributed by atoms with E-state index in [2.05, 4.69) is 45.3 Å². The maximum absolute atomic E-state index is 3.65. The maximum Gasteiger partial charge on any atom is 0.0130 e. The van der Waals surface area contributed by atoms with Gasteiger partial charge in [0, 0.05) is 5.54 Å². The highest BCUT2D eigenvalue weighted by atomic mass is 14.9. The lowest BCUT2D eigenvalue weighted by Gasteiger charge is -2.33. The molecule has 15 heavy (non-hydrogen) atoms. The summed E-state index contributed by atoms with van der Waals surface area (Å²) >= 11 is 0. The summed E-state index contributed by atoms with van der Waals surface area (Å²) in [6.07, 6.45) is 3.73. The molecular weight excluding hydrogens is 184 g/mol. The van der Waals surface area contributed by atoms with Crippen molar-refractivity contribution >= 4 is 0 Å². The standard InChI is InChI=1S/C13H30N2/c1-12(2,3)11-13(4,5)15-10-8-7-9-14-6/h14-15H,7-11H2,1-6H3. The second-order valence-corrected chi connectivity index (χ2v) is 6.36. The van der Waals surface area contributed by atoms with Crippen LogP contribution in [-0.4, -0.2) is 25.7 Å². The smallest absolute Gasteiger partial charge is 0.0130 e. The van der Waals surface area contributed by atoms with Gasteiger partial charge in [-0.25, -0.2) is 0 Å². The quantitative estimate of drug-likeness (QED) is 0.637. The van der Waals surface area contributed by atoms with Gasteiger partial charge in [-0.15, -0.1) is 0 Å². The predicted octanol–water partition coefficient (Wildman–Crippen LogP) is 2.79. The molecule has 0 fully saturated rings. The third kappa shape index (κ3) is 10.2. The van der Waals surface area contributed by atoms with Crippen LogP contribution in [0, 0.1) is 5.41 Å². The van der Waals surface area contributed by atoms with Crippen molar-refractivity contribution in [2.24, 2.45) is 5.41 Å². The molecule has 2 heteroatoms. The molecule has 0 unspecified atom stereocenters. The van der Waals surface area contributed by atoms with Crippen molar-refractivity contribution in [2.75, 3.05) is 20.1 Å². The van der Waals surface area contributed by atoms with Crippen LogP contribution in [-0.2, 0) is 0 Å². The van der Waals surface area contributed by atoms with Crippen molar-refractivity contribution in [3.8, 4) is 0 Å². The molecule has 0 aliphatic carbocycles. The van der Waals surface area contributed by atoms with E-state index in [1.807, 2.05) is 7.05 Å². The SMILES string of the molecule is CNCCCCNC(C)(C)CC(C)(C)C. The normalized spacial score (nSPS) is 13.2. The van der Waals surface area contributed by atoms with E-state index in [1.165, 1.54) is 19.3 Å². The first-order valence-corrected chi connectivity index (χ1v) is 6.16. The topological polar surface area (TPSA) is 24.1 Å². The molecule has 0 amide bonds. The van der Waals surface area contributed by atoms with Crippen molar-refractivity contribution in [3.63, 3.8) is 0 Å². The van der Waals surface area contributed by atoms with Crippen molar-refractivity contribution in [2.45, 2.75) is 59.4 Å². The van der Waals surface area contributed by atoms with Gasteiger partial charge in [0.2, 0.25) is 0 Å². The highest BCUT2D eigenvalue weighted by molar-refractivity contribution is 4.82. The van der Waals surface area contributed by atoms with Gasteiger partial charge in [0.15, 0.2) is 0 Å². The average molecular weight is 214 g/mol. The van der Waals surface area contributed by atoms with Gasteiger partial charge in [-0.3, -0.25) is 0 Å². The fraction of sp³-hybridized carbons (Fsp3) is 1.00. The van der Waals surface area contributed by atoms with Crippen LogP contribution in [0.3, 0.4) is 0 Å². The van der Waals surface area contributed by atoms with Crippen LogP contribution in [0.4, 0.5) is 0 Å². The summed E-state index contributed by atoms with van der Waals surface area (Å²) in [6.45, 7) is 13.8. The second-order valence-electron chi connectivity index (χ2n) is 6.36. The van der Waals surface area contributed by atoms with Crippen LogP contribution in [0.2, 0.25) is 0 Å². The van der Waals surface area contributed by atoms with Crippen LogP contribution >= 0.6 is 0 Å². The van der Waals surface area contributed by atoms with Gasteiger partial charge in [0.25, 0.3) is 0 Å². The molecular formula is C13H30N2. The summed E-state index contributed by atoms with van der Waals surface area (Å²) < 4.78 is 0. The average Bonchev–Trinajstić information content (AvgIpc) is 1.99. The zero-order chi connectivity index (χ0) is 11.9. The molecule has 0 aromatic rings. The molecule has 0 radical (unpaired) electrons. The minimum atomic E-state index is 0.262. The molecule has 0 heterocycles. The van der Waals surface area contributed by atoms with E-state index in [9.17, 15) is 0 Å². The minimum Gasteiger partial charge on any atom is -0.320 e. The van der Waals surface area contributed by atoms with Crippen LogP contribution in [0.1, 0.15) is 53.9 Å². The lowest BCUT2D eigenvalue weighted by atomic mass is 9.82. The lowest BCUT2D eigenvalue weighted by molar-refractivity contribution is 0.241. The Morgan fingerprint density at radius 3 is 1.87 bits per heavy atom. The Bertz CT molecular complexity index is 156. The van der Waals surface area contributed by atoms with Gasteiger partial charge in [-0.1, -0.05) is 20.8 Å². The molecule has 0 aliphatic heterocycles. The van der Waals surface area contributed by atoms with E-state index in [-0.39, 0.29) is 5.54 Å². The molecule has 0 atom stereocenters. The van der Waals surface area contributed by atoms with Crippen molar-refractivity contribution in [3.05, 3.63) is 0 Å². The molecule has 2 N–H and O–H groups in total. The van der Waals surface area contributed by atoms with Crippen LogP contribution < -0.4 is 10.6 Å². The molecule has 0 aliphatic rings. The fourth-order valence-corrected chi connectivity index (χ4v) is 2.24. The number of nitrogens with one attached hydrogen (secondary N) is 2. The predicted molar refractivity (Wildman–Crippen MR) is 69.3 cm³/mol. The van der Waals surface area contributed by atoms with Crippen molar-refractivity contribution in [1.29, 1.82) is 0 Å². The third-order valence-electron chi connectivity index (χ3n) is 2.43. The first-order valence-electron chi connectivity index (χ1n) is 6.16. The molecule has 0 bridgehead atoms. The van der Waals surface area contributed by atoms with Gasteiger partial charge in [0.05, 0.1) is 0 Å². The van der Waals surface area contributed by atoms with Gasteiger partial charge >= 0.3 is 0 Å². The minimum absolute atomic E-state index is 0.262. The van der Waals surface area contributed by atoms with Crippen molar-refractivity contribution in [1.82, 2.24) is 10.6 Å². The maximum atomic E-state index is 3.65. The molecule has 92 valence electrons. The van der Waals surface area contributed by atoms with Crippen molar-refractivity contribution < 1.29 is 0 Å². The summed E-state index contributed by atoms with van der Waals surface area (Å²) in [6, 6.07) is 0. The number of rotatable bonds is 7. The van der Waals surface area contributed by atoms with Crippen LogP contribution in [0.15, 0.2) is 0 Å². The largest absolute Gasteiger partial charge is 0.320 e. The van der Waals surface area contributed by atoms with Crippen LogP contribution in [0.5, 0.6) is 0 Å². The zero-order valence-electron chi connectivity index (χ0n) is 11.5. The molecule has 0 rings (SSSR count). The Labute approximate surface area is 96.2 Å². The molecule has 2 nitrogen and oxygen atoms in total. The highest BCUT2D eigenvalue weighted by Crippen LogP contribution is 2.26. The van der Waals surface area contributed by atoms with Gasteiger partial charge < -0.3 is 10.6 Å². The summed E-state index contributed by atoms with van der Waals surface area (Å²) in [5.41, 5.74) is 0.666. The molecule has 0 spiro atoms. The van der Waals surface area contributed by atoms with Crippen LogP contribution in [0.25, 0.3) is 0 Å². The molecule has 0 saturated heterocycles. The Kier molecular flexibility index (Phi) is 6.46. The Morgan fingerprint density at radius 1 is 0.867 bits per heavy atom. The lowest BCUT2D eigenvalue weighted by Crippen LogP contribution is -2.42. The fourth-order valence-electron chi connectivity index (χ4n) is 2.24. The molecule has 0 aromatic carbocycles. The zero-order valence-corrected chi connectivity index (χ0v) is 11.5. The highest BCUT2D eigenvalue weighted by Gasteiger charge is 2.24. The first-order chi connectivity index (χ1) is 6.77. The van der Waals surface area contributed by atoms with E-state index in [1.54, 1.807) is 0 Å². The van der Waals surface area contributed by atoms with E-state index in [4.69, 9.17) is 0 Å². The Balaban J connectivity index is 3.65. The number of hydrogen-bond donors (Lipinski definition) is 2. The van der Waals surface area contributed by atoms with Gasteiger partial charge in [-0.2, -0.15) is 0 Å². The Morgan fingerprint density at radius 2 is 1.40 bits per heavy atom. The first kappa shape index (κ1) is 14.9. The van der Waals surface area contributed by atoms with E-state index in [0.717, 1.165) is 13.1 Å². The second kappa shape index (κ2) is 6.49. The van der Waals surface area contributed by atoms with E-state index in [0.29, 0.717) is 5.41 Å². The number of unbranched alkanes of at least 4 members (excludes halogenated alkanes) is 1. The van der Waals surface area contributed by atoms with E-state index >= 15 is 0 Å². The van der Waals surface area contributed by atoms with Gasteiger partial charge in [0.1, 0.15) is 0 Å². The van der Waals surface area contributed by atoms with E-state index < -0.39 is 0 Å². The summed E-state index contributed by atoms with van der Waals surface area (Å²) in [5.74, 6) is 0. The molecule has 0 aromatic heterocycles. The molecule has 0 saturated carbocycles.